The Balaban J connectivity index is 3.15. The number of rotatable bonds is 3. The van der Waals surface area contributed by atoms with Gasteiger partial charge in [-0.25, -0.2) is 0 Å². The summed E-state index contributed by atoms with van der Waals surface area (Å²) in [5.74, 6) is 0.750. The van der Waals surface area contributed by atoms with Gasteiger partial charge in [0.2, 0.25) is 0 Å². The van der Waals surface area contributed by atoms with Gasteiger partial charge < -0.3 is 10.5 Å². The van der Waals surface area contributed by atoms with Crippen molar-refractivity contribution in [3.8, 4) is 5.75 Å². The van der Waals surface area contributed by atoms with Crippen LogP contribution in [0.2, 0.25) is 5.02 Å². The van der Waals surface area contributed by atoms with Crippen molar-refractivity contribution in [3.63, 3.8) is 0 Å². The molecule has 1 aromatic carbocycles. The van der Waals surface area contributed by atoms with Gasteiger partial charge in [-0.15, -0.1) is 0 Å². The topological polar surface area (TPSA) is 35.2 Å². The van der Waals surface area contributed by atoms with Crippen molar-refractivity contribution < 1.29 is 4.74 Å². The second-order valence-electron chi connectivity index (χ2n) is 2.65. The molecule has 2 N–H and O–H groups in total. The quantitative estimate of drug-likeness (QED) is 0.807. The zero-order valence-corrected chi connectivity index (χ0v) is 8.27. The first-order valence-electron chi connectivity index (χ1n) is 3.90. The molecule has 1 aromatic rings. The molecule has 0 spiro atoms. The second kappa shape index (κ2) is 4.30. The van der Waals surface area contributed by atoms with E-state index >= 15 is 0 Å². The van der Waals surface area contributed by atoms with Gasteiger partial charge in [0.25, 0.3) is 0 Å². The summed E-state index contributed by atoms with van der Waals surface area (Å²) < 4.78 is 5.15. The van der Waals surface area contributed by atoms with Crippen LogP contribution in [0.25, 0.3) is 5.57 Å². The molecule has 0 unspecified atom stereocenters. The summed E-state index contributed by atoms with van der Waals surface area (Å²) >= 11 is 5.84. The van der Waals surface area contributed by atoms with Crippen LogP contribution in [0.4, 0.5) is 0 Å². The predicted molar refractivity (Wildman–Crippen MR) is 56.1 cm³/mol. The smallest absolute Gasteiger partial charge is 0.126 e. The fourth-order valence-electron chi connectivity index (χ4n) is 1.07. The summed E-state index contributed by atoms with van der Waals surface area (Å²) in [6.45, 7) is 4.23. The molecule has 0 amide bonds. The van der Waals surface area contributed by atoms with Crippen molar-refractivity contribution in [1.82, 2.24) is 0 Å². The number of benzene rings is 1. The molecule has 70 valence electrons. The molecule has 0 atom stereocenters. The third kappa shape index (κ3) is 2.23. The maximum Gasteiger partial charge on any atom is 0.126 e. The maximum absolute atomic E-state index is 5.84. The summed E-state index contributed by atoms with van der Waals surface area (Å²) in [4.78, 5) is 0. The Labute approximate surface area is 83.0 Å². The number of halogens is 1. The third-order valence-electron chi connectivity index (χ3n) is 1.79. The Kier molecular flexibility index (Phi) is 3.34. The Morgan fingerprint density at radius 1 is 1.62 bits per heavy atom. The molecule has 0 aliphatic heterocycles. The molecule has 0 aliphatic rings. The number of nitrogens with two attached hydrogens (primary N) is 1. The van der Waals surface area contributed by atoms with Gasteiger partial charge in [-0.05, 0) is 23.8 Å². The van der Waals surface area contributed by atoms with Crippen LogP contribution in [0.5, 0.6) is 5.75 Å². The van der Waals surface area contributed by atoms with E-state index in [0.717, 1.165) is 16.9 Å². The van der Waals surface area contributed by atoms with Crippen LogP contribution in [0, 0.1) is 0 Å². The number of methoxy groups -OCH3 is 1. The fourth-order valence-corrected chi connectivity index (χ4v) is 1.24. The Hall–Kier alpha value is -0.990. The SMILES string of the molecule is C=C(CN)c1cc(Cl)ccc1OC. The Morgan fingerprint density at radius 2 is 2.31 bits per heavy atom. The van der Waals surface area contributed by atoms with Gasteiger partial charge in [-0.1, -0.05) is 18.2 Å². The third-order valence-corrected chi connectivity index (χ3v) is 2.02. The molecule has 0 fully saturated rings. The first kappa shape index (κ1) is 10.1. The molecule has 2 nitrogen and oxygen atoms in total. The highest BCUT2D eigenvalue weighted by molar-refractivity contribution is 6.30. The fraction of sp³-hybridized carbons (Fsp3) is 0.200. The lowest BCUT2D eigenvalue weighted by Crippen LogP contribution is -2.02. The van der Waals surface area contributed by atoms with E-state index in [2.05, 4.69) is 6.58 Å². The average Bonchev–Trinajstić information content (AvgIpc) is 2.16. The minimum Gasteiger partial charge on any atom is -0.496 e. The number of hydrogen-bond acceptors (Lipinski definition) is 2. The van der Waals surface area contributed by atoms with Gasteiger partial charge >= 0.3 is 0 Å². The molecule has 13 heavy (non-hydrogen) atoms. The largest absolute Gasteiger partial charge is 0.496 e. The number of ether oxygens (including phenoxy) is 1. The van der Waals surface area contributed by atoms with E-state index in [4.69, 9.17) is 22.1 Å². The molecule has 1 rings (SSSR count). The lowest BCUT2D eigenvalue weighted by atomic mass is 10.1. The van der Waals surface area contributed by atoms with E-state index < -0.39 is 0 Å². The van der Waals surface area contributed by atoms with Gasteiger partial charge in [-0.3, -0.25) is 0 Å². The van der Waals surface area contributed by atoms with Gasteiger partial charge in [0.05, 0.1) is 7.11 Å². The van der Waals surface area contributed by atoms with Crippen LogP contribution in [0.15, 0.2) is 24.8 Å². The standard InChI is InChI=1S/C10H12ClNO/c1-7(6-12)9-5-8(11)3-4-10(9)13-2/h3-5H,1,6,12H2,2H3. The van der Waals surface area contributed by atoms with Crippen molar-refractivity contribution in [2.45, 2.75) is 0 Å². The molecule has 0 heterocycles. The monoisotopic (exact) mass is 197 g/mol. The predicted octanol–water partition coefficient (Wildman–Crippen LogP) is 2.32. The van der Waals surface area contributed by atoms with Gasteiger partial charge in [0.1, 0.15) is 5.75 Å². The second-order valence-corrected chi connectivity index (χ2v) is 3.09. The van der Waals surface area contributed by atoms with E-state index in [-0.39, 0.29) is 0 Å². The molecule has 0 bridgehead atoms. The summed E-state index contributed by atoms with van der Waals surface area (Å²) in [7, 11) is 1.61. The van der Waals surface area contributed by atoms with Crippen LogP contribution in [-0.4, -0.2) is 13.7 Å². The maximum atomic E-state index is 5.84. The highest BCUT2D eigenvalue weighted by atomic mass is 35.5. The van der Waals surface area contributed by atoms with Crippen molar-refractivity contribution in [2.75, 3.05) is 13.7 Å². The average molecular weight is 198 g/mol. The summed E-state index contributed by atoms with van der Waals surface area (Å²) in [5, 5.41) is 0.658. The lowest BCUT2D eigenvalue weighted by Gasteiger charge is -2.09. The van der Waals surface area contributed by atoms with E-state index in [1.54, 1.807) is 25.3 Å². The summed E-state index contributed by atoms with van der Waals surface area (Å²) in [5.41, 5.74) is 7.17. The highest BCUT2D eigenvalue weighted by Gasteiger charge is 2.05. The van der Waals surface area contributed by atoms with Crippen LogP contribution in [0.1, 0.15) is 5.56 Å². The summed E-state index contributed by atoms with van der Waals surface area (Å²) in [6.07, 6.45) is 0. The van der Waals surface area contributed by atoms with Crippen molar-refractivity contribution in [3.05, 3.63) is 35.4 Å². The van der Waals surface area contributed by atoms with Crippen LogP contribution < -0.4 is 10.5 Å². The molecular weight excluding hydrogens is 186 g/mol. The van der Waals surface area contributed by atoms with Crippen LogP contribution >= 0.6 is 11.6 Å². The zero-order valence-electron chi connectivity index (χ0n) is 7.51. The van der Waals surface area contributed by atoms with Gasteiger partial charge in [0.15, 0.2) is 0 Å². The van der Waals surface area contributed by atoms with Crippen molar-refractivity contribution in [1.29, 1.82) is 0 Å². The lowest BCUT2D eigenvalue weighted by molar-refractivity contribution is 0.413. The van der Waals surface area contributed by atoms with Gasteiger partial charge in [-0.2, -0.15) is 0 Å². The molecule has 3 heteroatoms. The van der Waals surface area contributed by atoms with Crippen molar-refractivity contribution in [2.24, 2.45) is 5.73 Å². The molecule has 0 saturated heterocycles. The van der Waals surface area contributed by atoms with Crippen molar-refractivity contribution >= 4 is 17.2 Å². The molecule has 0 saturated carbocycles. The van der Waals surface area contributed by atoms with E-state index in [1.165, 1.54) is 0 Å². The molecule has 0 aliphatic carbocycles. The van der Waals surface area contributed by atoms with E-state index in [0.29, 0.717) is 11.6 Å². The zero-order chi connectivity index (χ0) is 9.84. The molecular formula is C10H12ClNO. The van der Waals surface area contributed by atoms with Crippen LogP contribution in [-0.2, 0) is 0 Å². The molecule has 0 aromatic heterocycles. The first-order chi connectivity index (χ1) is 6.19. The first-order valence-corrected chi connectivity index (χ1v) is 4.28. The Morgan fingerprint density at radius 3 is 2.85 bits per heavy atom. The highest BCUT2D eigenvalue weighted by Crippen LogP contribution is 2.27. The molecule has 0 radical (unpaired) electrons. The minimum atomic E-state index is 0.400. The normalized spacial score (nSPS) is 9.77. The minimum absolute atomic E-state index is 0.400. The van der Waals surface area contributed by atoms with E-state index in [9.17, 15) is 0 Å². The van der Waals surface area contributed by atoms with Gasteiger partial charge in [0, 0.05) is 17.1 Å². The van der Waals surface area contributed by atoms with Crippen LogP contribution in [0.3, 0.4) is 0 Å². The Bertz CT molecular complexity index is 323. The van der Waals surface area contributed by atoms with E-state index in [1.807, 2.05) is 0 Å². The number of hydrogen-bond donors (Lipinski definition) is 1. The summed E-state index contributed by atoms with van der Waals surface area (Å²) in [6, 6.07) is 5.38.